The summed E-state index contributed by atoms with van der Waals surface area (Å²) in [6, 6.07) is 13.8. The van der Waals surface area contributed by atoms with Crippen molar-refractivity contribution in [3.8, 4) is 0 Å². The fraction of sp³-hybridized carbons (Fsp3) is 0.158. The fourth-order valence-corrected chi connectivity index (χ4v) is 3.26. The molecule has 0 aliphatic rings. The van der Waals surface area contributed by atoms with Gasteiger partial charge in [-0.15, -0.1) is 0 Å². The van der Waals surface area contributed by atoms with Gasteiger partial charge in [-0.05, 0) is 55.3 Å². The molecular formula is C19H18FN3OS. The van der Waals surface area contributed by atoms with Gasteiger partial charge in [0.2, 0.25) is 0 Å². The summed E-state index contributed by atoms with van der Waals surface area (Å²) in [4.78, 5) is 17.5. The van der Waals surface area contributed by atoms with Gasteiger partial charge in [0.05, 0.1) is 5.69 Å². The number of nitrogens with one attached hydrogen (secondary N) is 2. The van der Waals surface area contributed by atoms with E-state index >= 15 is 0 Å². The Morgan fingerprint density at radius 3 is 2.64 bits per heavy atom. The van der Waals surface area contributed by atoms with Crippen molar-refractivity contribution in [1.29, 1.82) is 0 Å². The number of carbonyl (C=O) groups is 1. The molecule has 1 amide bonds. The number of hydrogen-bond acceptors (Lipinski definition) is 4. The molecule has 4 nitrogen and oxygen atoms in total. The first kappa shape index (κ1) is 17.1. The average Bonchev–Trinajstić information content (AvgIpc) is 2.97. The number of aryl methyl sites for hydroxylation is 2. The number of carbonyl (C=O) groups excluding carboxylic acids is 1. The van der Waals surface area contributed by atoms with Crippen LogP contribution in [0.25, 0.3) is 0 Å². The molecular weight excluding hydrogens is 337 g/mol. The lowest BCUT2D eigenvalue weighted by molar-refractivity contribution is 0.103. The van der Waals surface area contributed by atoms with Crippen LogP contribution in [0.4, 0.5) is 20.9 Å². The minimum atomic E-state index is -0.296. The fourth-order valence-electron chi connectivity index (χ4n) is 2.37. The van der Waals surface area contributed by atoms with Gasteiger partial charge in [0.15, 0.2) is 5.13 Å². The molecule has 0 fully saturated rings. The summed E-state index contributed by atoms with van der Waals surface area (Å²) in [6.45, 7) is 3.87. The van der Waals surface area contributed by atoms with Crippen molar-refractivity contribution >= 4 is 33.8 Å². The highest BCUT2D eigenvalue weighted by atomic mass is 32.1. The van der Waals surface area contributed by atoms with Crippen molar-refractivity contribution in [3.05, 3.63) is 70.5 Å². The molecule has 6 heteroatoms. The van der Waals surface area contributed by atoms with Crippen LogP contribution in [0.3, 0.4) is 0 Å². The summed E-state index contributed by atoms with van der Waals surface area (Å²) in [5.41, 5.74) is 3.30. The Labute approximate surface area is 149 Å². The Morgan fingerprint density at radius 1 is 1.16 bits per heavy atom. The van der Waals surface area contributed by atoms with Crippen molar-refractivity contribution in [2.75, 3.05) is 10.6 Å². The number of amides is 1. The Kier molecular flexibility index (Phi) is 5.09. The van der Waals surface area contributed by atoms with E-state index in [9.17, 15) is 9.18 Å². The van der Waals surface area contributed by atoms with Gasteiger partial charge in [0, 0.05) is 11.4 Å². The van der Waals surface area contributed by atoms with Gasteiger partial charge in [-0.25, -0.2) is 9.37 Å². The number of thiazole rings is 1. The standard InChI is InChI=1S/C19H18FN3OS/c1-3-13-5-4-6-16(11-13)22-18(24)17-12(2)21-19(25-17)23-15-9-7-14(20)8-10-15/h4-11H,3H2,1-2H3,(H,21,23)(H,22,24). The number of benzene rings is 2. The van der Waals surface area contributed by atoms with E-state index in [-0.39, 0.29) is 11.7 Å². The molecule has 0 radical (unpaired) electrons. The van der Waals surface area contributed by atoms with Crippen molar-refractivity contribution in [3.63, 3.8) is 0 Å². The van der Waals surface area contributed by atoms with Crippen LogP contribution in [0, 0.1) is 12.7 Å². The molecule has 0 aliphatic carbocycles. The molecule has 0 saturated carbocycles. The Bertz CT molecular complexity index is 890. The number of aromatic nitrogens is 1. The average molecular weight is 355 g/mol. The maximum atomic E-state index is 13.0. The van der Waals surface area contributed by atoms with E-state index in [1.165, 1.54) is 23.5 Å². The molecule has 0 aliphatic heterocycles. The topological polar surface area (TPSA) is 54.0 Å². The molecule has 0 unspecified atom stereocenters. The van der Waals surface area contributed by atoms with Crippen LogP contribution in [0.5, 0.6) is 0 Å². The third-order valence-electron chi connectivity index (χ3n) is 3.69. The molecule has 0 saturated heterocycles. The van der Waals surface area contributed by atoms with E-state index in [1.807, 2.05) is 24.3 Å². The van der Waals surface area contributed by atoms with Gasteiger partial charge in [0.1, 0.15) is 10.7 Å². The van der Waals surface area contributed by atoms with Gasteiger partial charge < -0.3 is 10.6 Å². The summed E-state index contributed by atoms with van der Waals surface area (Å²) in [5, 5.41) is 6.60. The Hall–Kier alpha value is -2.73. The monoisotopic (exact) mass is 355 g/mol. The minimum Gasteiger partial charge on any atom is -0.332 e. The van der Waals surface area contributed by atoms with E-state index in [0.29, 0.717) is 15.7 Å². The van der Waals surface area contributed by atoms with Gasteiger partial charge in [-0.2, -0.15) is 0 Å². The molecule has 0 bridgehead atoms. The van der Waals surface area contributed by atoms with Crippen LogP contribution in [0.1, 0.15) is 27.9 Å². The SMILES string of the molecule is CCc1cccc(NC(=O)c2sc(Nc3ccc(F)cc3)nc2C)c1. The molecule has 1 aromatic heterocycles. The van der Waals surface area contributed by atoms with E-state index in [4.69, 9.17) is 0 Å². The summed E-state index contributed by atoms with van der Waals surface area (Å²) in [5.74, 6) is -0.481. The lowest BCUT2D eigenvalue weighted by Crippen LogP contribution is -2.11. The van der Waals surface area contributed by atoms with Crippen molar-refractivity contribution in [2.45, 2.75) is 20.3 Å². The smallest absolute Gasteiger partial charge is 0.267 e. The van der Waals surface area contributed by atoms with E-state index < -0.39 is 0 Å². The van der Waals surface area contributed by atoms with Gasteiger partial charge in [0.25, 0.3) is 5.91 Å². The summed E-state index contributed by atoms with van der Waals surface area (Å²) in [7, 11) is 0. The molecule has 25 heavy (non-hydrogen) atoms. The van der Waals surface area contributed by atoms with Crippen molar-refractivity contribution < 1.29 is 9.18 Å². The van der Waals surface area contributed by atoms with Gasteiger partial charge in [-0.3, -0.25) is 4.79 Å². The van der Waals surface area contributed by atoms with E-state index in [1.54, 1.807) is 19.1 Å². The molecule has 3 aromatic rings. The largest absolute Gasteiger partial charge is 0.332 e. The second-order valence-electron chi connectivity index (χ2n) is 5.57. The molecule has 128 valence electrons. The molecule has 3 rings (SSSR count). The zero-order chi connectivity index (χ0) is 17.8. The maximum Gasteiger partial charge on any atom is 0.267 e. The number of halogens is 1. The quantitative estimate of drug-likeness (QED) is 0.665. The molecule has 2 aromatic carbocycles. The van der Waals surface area contributed by atoms with Crippen molar-refractivity contribution in [1.82, 2.24) is 4.98 Å². The summed E-state index contributed by atoms with van der Waals surface area (Å²) in [6.07, 6.45) is 0.912. The number of anilines is 3. The van der Waals surface area contributed by atoms with E-state index in [0.717, 1.165) is 23.4 Å². The van der Waals surface area contributed by atoms with Gasteiger partial charge in [-0.1, -0.05) is 30.4 Å². The maximum absolute atomic E-state index is 13.0. The first-order valence-corrected chi connectivity index (χ1v) is 8.77. The van der Waals surface area contributed by atoms with Crippen LogP contribution in [-0.2, 0) is 6.42 Å². The number of hydrogen-bond donors (Lipinski definition) is 2. The highest BCUT2D eigenvalue weighted by molar-refractivity contribution is 7.17. The highest BCUT2D eigenvalue weighted by Gasteiger charge is 2.16. The van der Waals surface area contributed by atoms with Gasteiger partial charge >= 0.3 is 0 Å². The summed E-state index contributed by atoms with van der Waals surface area (Å²) >= 11 is 1.27. The first-order chi connectivity index (χ1) is 12.0. The number of rotatable bonds is 5. The summed E-state index contributed by atoms with van der Waals surface area (Å²) < 4.78 is 13.0. The molecule has 0 spiro atoms. The van der Waals surface area contributed by atoms with Crippen LogP contribution in [0.2, 0.25) is 0 Å². The van der Waals surface area contributed by atoms with Crippen LogP contribution < -0.4 is 10.6 Å². The minimum absolute atomic E-state index is 0.185. The highest BCUT2D eigenvalue weighted by Crippen LogP contribution is 2.26. The zero-order valence-corrected chi connectivity index (χ0v) is 14.8. The molecule has 0 atom stereocenters. The third-order valence-corrected chi connectivity index (χ3v) is 4.76. The predicted octanol–water partition coefficient (Wildman–Crippen LogP) is 5.15. The van der Waals surface area contributed by atoms with Crippen LogP contribution >= 0.6 is 11.3 Å². The Balaban J connectivity index is 1.74. The van der Waals surface area contributed by atoms with E-state index in [2.05, 4.69) is 22.5 Å². The number of nitrogens with zero attached hydrogens (tertiary/aromatic N) is 1. The third kappa shape index (κ3) is 4.22. The van der Waals surface area contributed by atoms with Crippen LogP contribution in [-0.4, -0.2) is 10.9 Å². The second kappa shape index (κ2) is 7.44. The molecule has 1 heterocycles. The molecule has 2 N–H and O–H groups in total. The second-order valence-corrected chi connectivity index (χ2v) is 6.57. The van der Waals surface area contributed by atoms with Crippen molar-refractivity contribution in [2.24, 2.45) is 0 Å². The first-order valence-electron chi connectivity index (χ1n) is 7.95. The Morgan fingerprint density at radius 2 is 1.92 bits per heavy atom. The normalized spacial score (nSPS) is 10.5. The lowest BCUT2D eigenvalue weighted by Gasteiger charge is -2.05. The predicted molar refractivity (Wildman–Crippen MR) is 100 cm³/mol. The van der Waals surface area contributed by atoms with Crippen LogP contribution in [0.15, 0.2) is 48.5 Å². The lowest BCUT2D eigenvalue weighted by atomic mass is 10.1. The zero-order valence-electron chi connectivity index (χ0n) is 14.0.